The Balaban J connectivity index is 2.40. The minimum Gasteiger partial charge on any atom is -0.369 e. The molecule has 2 aromatic rings. The van der Waals surface area contributed by atoms with E-state index in [1.807, 2.05) is 37.3 Å². The second kappa shape index (κ2) is 4.75. The van der Waals surface area contributed by atoms with Gasteiger partial charge in [-0.15, -0.1) is 0 Å². The molecule has 2 N–H and O–H groups in total. The molecule has 4 heteroatoms. The highest BCUT2D eigenvalue weighted by molar-refractivity contribution is 8.00. The first-order valence-corrected chi connectivity index (χ1v) is 6.28. The molecule has 1 amide bonds. The summed E-state index contributed by atoms with van der Waals surface area (Å²) in [5.41, 5.74) is 7.36. The van der Waals surface area contributed by atoms with E-state index in [1.165, 1.54) is 11.8 Å². The predicted molar refractivity (Wildman–Crippen MR) is 71.0 cm³/mol. The van der Waals surface area contributed by atoms with Crippen molar-refractivity contribution in [2.45, 2.75) is 24.1 Å². The standard InChI is InChI=1S/C13H14N2OS/c1-8-7-12(17-9(2)13(14)16)15-11-6-4-3-5-10(8)11/h3-7,9H,1-2H3,(H2,14,16)/t9-/m1/s1. The summed E-state index contributed by atoms with van der Waals surface area (Å²) in [5.74, 6) is -0.317. The smallest absolute Gasteiger partial charge is 0.230 e. The number of primary amides is 1. The molecule has 1 heterocycles. The fourth-order valence-corrected chi connectivity index (χ4v) is 2.49. The Kier molecular flexibility index (Phi) is 3.33. The molecule has 0 unspecified atom stereocenters. The third-order valence-corrected chi connectivity index (χ3v) is 3.63. The lowest BCUT2D eigenvalue weighted by atomic mass is 10.1. The molecule has 88 valence electrons. The number of carbonyl (C=O) groups excluding carboxylic acids is 1. The molecular weight excluding hydrogens is 232 g/mol. The molecule has 3 nitrogen and oxygen atoms in total. The van der Waals surface area contributed by atoms with E-state index < -0.39 is 0 Å². The second-order valence-corrected chi connectivity index (χ2v) is 5.32. The van der Waals surface area contributed by atoms with Gasteiger partial charge >= 0.3 is 0 Å². The highest BCUT2D eigenvalue weighted by atomic mass is 32.2. The Morgan fingerprint density at radius 3 is 2.82 bits per heavy atom. The third-order valence-electron chi connectivity index (χ3n) is 2.60. The third kappa shape index (κ3) is 2.58. The van der Waals surface area contributed by atoms with Crippen LogP contribution in [0.4, 0.5) is 0 Å². The molecule has 2 rings (SSSR count). The van der Waals surface area contributed by atoms with Crippen molar-refractivity contribution < 1.29 is 4.79 Å². The van der Waals surface area contributed by atoms with Gasteiger partial charge in [0.1, 0.15) is 0 Å². The average molecular weight is 246 g/mol. The summed E-state index contributed by atoms with van der Waals surface area (Å²) in [6.07, 6.45) is 0. The number of carbonyl (C=O) groups is 1. The zero-order valence-electron chi connectivity index (χ0n) is 9.81. The molecule has 0 saturated heterocycles. The van der Waals surface area contributed by atoms with Crippen LogP contribution in [-0.2, 0) is 4.79 Å². The number of pyridine rings is 1. The van der Waals surface area contributed by atoms with Gasteiger partial charge in [0.05, 0.1) is 15.8 Å². The van der Waals surface area contributed by atoms with Crippen LogP contribution in [0.25, 0.3) is 10.9 Å². The fourth-order valence-electron chi connectivity index (χ4n) is 1.62. The second-order valence-electron chi connectivity index (χ2n) is 3.96. The molecule has 0 aliphatic heterocycles. The minimum atomic E-state index is -0.317. The van der Waals surface area contributed by atoms with E-state index in [0.29, 0.717) is 0 Å². The largest absolute Gasteiger partial charge is 0.369 e. The maximum absolute atomic E-state index is 11.0. The first-order chi connectivity index (χ1) is 8.08. The predicted octanol–water partition coefficient (Wildman–Crippen LogP) is 2.51. The van der Waals surface area contributed by atoms with Crippen molar-refractivity contribution in [1.29, 1.82) is 0 Å². The number of fused-ring (bicyclic) bond motifs is 1. The van der Waals surface area contributed by atoms with Gasteiger partial charge in [-0.1, -0.05) is 30.0 Å². The van der Waals surface area contributed by atoms with E-state index >= 15 is 0 Å². The molecule has 1 aromatic carbocycles. The Morgan fingerprint density at radius 1 is 1.41 bits per heavy atom. The number of aryl methyl sites for hydroxylation is 1. The van der Waals surface area contributed by atoms with Crippen LogP contribution in [0.3, 0.4) is 0 Å². The number of nitrogens with zero attached hydrogens (tertiary/aromatic N) is 1. The molecule has 0 spiro atoms. The summed E-state index contributed by atoms with van der Waals surface area (Å²) in [6, 6.07) is 9.97. The van der Waals surface area contributed by atoms with Crippen molar-refractivity contribution in [3.05, 3.63) is 35.9 Å². The van der Waals surface area contributed by atoms with Crippen LogP contribution in [0.2, 0.25) is 0 Å². The van der Waals surface area contributed by atoms with Crippen molar-refractivity contribution in [2.24, 2.45) is 5.73 Å². The van der Waals surface area contributed by atoms with Gasteiger partial charge in [0.2, 0.25) is 5.91 Å². The van der Waals surface area contributed by atoms with Gasteiger partial charge < -0.3 is 5.73 Å². The number of para-hydroxylation sites is 1. The van der Waals surface area contributed by atoms with Crippen LogP contribution in [0.1, 0.15) is 12.5 Å². The highest BCUT2D eigenvalue weighted by Crippen LogP contribution is 2.26. The monoisotopic (exact) mass is 246 g/mol. The van der Waals surface area contributed by atoms with Gasteiger partial charge in [0.25, 0.3) is 0 Å². The van der Waals surface area contributed by atoms with E-state index in [-0.39, 0.29) is 11.2 Å². The first kappa shape index (κ1) is 11.9. The lowest BCUT2D eigenvalue weighted by Crippen LogP contribution is -2.22. The summed E-state index contributed by atoms with van der Waals surface area (Å²) in [6.45, 7) is 3.84. The van der Waals surface area contributed by atoms with Crippen LogP contribution in [0, 0.1) is 6.92 Å². The van der Waals surface area contributed by atoms with E-state index in [9.17, 15) is 4.79 Å². The lowest BCUT2D eigenvalue weighted by molar-refractivity contribution is -0.117. The van der Waals surface area contributed by atoms with E-state index in [1.54, 1.807) is 6.92 Å². The Morgan fingerprint density at radius 2 is 2.12 bits per heavy atom. The molecule has 0 saturated carbocycles. The number of rotatable bonds is 3. The first-order valence-electron chi connectivity index (χ1n) is 5.40. The van der Waals surface area contributed by atoms with Gasteiger partial charge in [-0.05, 0) is 31.5 Å². The molecular formula is C13H14N2OS. The Bertz CT molecular complexity index is 568. The van der Waals surface area contributed by atoms with Crippen LogP contribution in [0.5, 0.6) is 0 Å². The van der Waals surface area contributed by atoms with Crippen molar-refractivity contribution in [2.75, 3.05) is 0 Å². The maximum Gasteiger partial charge on any atom is 0.230 e. The fraction of sp³-hybridized carbons (Fsp3) is 0.231. The number of hydrogen-bond acceptors (Lipinski definition) is 3. The SMILES string of the molecule is Cc1cc(S[C@H](C)C(N)=O)nc2ccccc12. The van der Waals surface area contributed by atoms with Crippen LogP contribution in [-0.4, -0.2) is 16.1 Å². The van der Waals surface area contributed by atoms with E-state index in [2.05, 4.69) is 4.98 Å². The Labute approximate surface area is 104 Å². The minimum absolute atomic E-state index is 0.261. The van der Waals surface area contributed by atoms with Crippen LogP contribution >= 0.6 is 11.8 Å². The maximum atomic E-state index is 11.0. The Hall–Kier alpha value is -1.55. The van der Waals surface area contributed by atoms with Crippen molar-refractivity contribution in [3.63, 3.8) is 0 Å². The van der Waals surface area contributed by atoms with Crippen molar-refractivity contribution in [3.8, 4) is 0 Å². The molecule has 0 fully saturated rings. The van der Waals surface area contributed by atoms with Crippen LogP contribution < -0.4 is 5.73 Å². The van der Waals surface area contributed by atoms with Crippen molar-refractivity contribution >= 4 is 28.6 Å². The summed E-state index contributed by atoms with van der Waals surface area (Å²) < 4.78 is 0. The number of nitrogens with two attached hydrogens (primary N) is 1. The summed E-state index contributed by atoms with van der Waals surface area (Å²) in [7, 11) is 0. The molecule has 17 heavy (non-hydrogen) atoms. The number of thioether (sulfide) groups is 1. The number of amides is 1. The van der Waals surface area contributed by atoms with Gasteiger partial charge in [0.15, 0.2) is 0 Å². The van der Waals surface area contributed by atoms with Crippen LogP contribution in [0.15, 0.2) is 35.4 Å². The van der Waals surface area contributed by atoms with Gasteiger partial charge in [-0.2, -0.15) is 0 Å². The molecule has 0 bridgehead atoms. The highest BCUT2D eigenvalue weighted by Gasteiger charge is 2.12. The molecule has 0 aliphatic rings. The topological polar surface area (TPSA) is 56.0 Å². The summed E-state index contributed by atoms with van der Waals surface area (Å²) in [5, 5.41) is 1.72. The number of hydrogen-bond donors (Lipinski definition) is 1. The molecule has 1 atom stereocenters. The number of aromatic nitrogens is 1. The van der Waals surface area contributed by atoms with E-state index in [4.69, 9.17) is 5.73 Å². The zero-order valence-corrected chi connectivity index (χ0v) is 10.6. The molecule has 1 aromatic heterocycles. The molecule has 0 aliphatic carbocycles. The molecule has 0 radical (unpaired) electrons. The average Bonchev–Trinajstić information content (AvgIpc) is 2.29. The van der Waals surface area contributed by atoms with Crippen molar-refractivity contribution in [1.82, 2.24) is 4.98 Å². The van der Waals surface area contributed by atoms with Gasteiger partial charge in [-0.3, -0.25) is 4.79 Å². The van der Waals surface area contributed by atoms with Gasteiger partial charge in [-0.25, -0.2) is 4.98 Å². The summed E-state index contributed by atoms with van der Waals surface area (Å²) in [4.78, 5) is 15.5. The zero-order chi connectivity index (χ0) is 12.4. The normalized spacial score (nSPS) is 12.6. The lowest BCUT2D eigenvalue weighted by Gasteiger charge is -2.08. The quantitative estimate of drug-likeness (QED) is 0.847. The van der Waals surface area contributed by atoms with E-state index in [0.717, 1.165) is 21.5 Å². The number of benzene rings is 1. The van der Waals surface area contributed by atoms with Gasteiger partial charge in [0, 0.05) is 5.39 Å². The summed E-state index contributed by atoms with van der Waals surface area (Å²) >= 11 is 1.40.